The van der Waals surface area contributed by atoms with Gasteiger partial charge in [0.15, 0.2) is 5.96 Å². The minimum atomic E-state index is -4.25. The van der Waals surface area contributed by atoms with Gasteiger partial charge in [-0.1, -0.05) is 0 Å². The summed E-state index contributed by atoms with van der Waals surface area (Å²) < 4.78 is 67.8. The fourth-order valence-electron chi connectivity index (χ4n) is 2.11. The van der Waals surface area contributed by atoms with Crippen molar-refractivity contribution < 1.29 is 26.3 Å². The van der Waals surface area contributed by atoms with Crippen LogP contribution >= 0.6 is 0 Å². The van der Waals surface area contributed by atoms with E-state index in [2.05, 4.69) is 20.3 Å². The third-order valence-corrected chi connectivity index (χ3v) is 4.74. The summed E-state index contributed by atoms with van der Waals surface area (Å²) in [6, 6.07) is 0. The van der Waals surface area contributed by atoms with Crippen molar-refractivity contribution in [2.24, 2.45) is 4.99 Å². The van der Waals surface area contributed by atoms with Gasteiger partial charge < -0.3 is 15.4 Å². The van der Waals surface area contributed by atoms with Crippen LogP contribution in [0.15, 0.2) is 4.99 Å². The van der Waals surface area contributed by atoms with Gasteiger partial charge in [0.25, 0.3) is 0 Å². The number of guanidine groups is 1. The Morgan fingerprint density at radius 1 is 1.25 bits per heavy atom. The molecule has 1 saturated heterocycles. The highest BCUT2D eigenvalue weighted by Crippen LogP contribution is 2.18. The molecule has 1 aliphatic heterocycles. The average Bonchev–Trinajstić information content (AvgIpc) is 2.51. The van der Waals surface area contributed by atoms with Crippen LogP contribution in [0.2, 0.25) is 0 Å². The molecule has 0 aliphatic carbocycles. The van der Waals surface area contributed by atoms with Gasteiger partial charge in [0.2, 0.25) is 10.0 Å². The molecule has 3 N–H and O–H groups in total. The molecule has 1 unspecified atom stereocenters. The van der Waals surface area contributed by atoms with Crippen molar-refractivity contribution in [1.29, 1.82) is 0 Å². The van der Waals surface area contributed by atoms with E-state index in [1.807, 2.05) is 0 Å². The quantitative estimate of drug-likeness (QED) is 0.427. The molecule has 24 heavy (non-hydrogen) atoms. The van der Waals surface area contributed by atoms with Crippen LogP contribution < -0.4 is 15.4 Å². The highest BCUT2D eigenvalue weighted by molar-refractivity contribution is 7.89. The second-order valence-corrected chi connectivity index (χ2v) is 7.37. The van der Waals surface area contributed by atoms with Gasteiger partial charge >= 0.3 is 6.18 Å². The van der Waals surface area contributed by atoms with Crippen molar-refractivity contribution in [1.82, 2.24) is 15.4 Å². The van der Waals surface area contributed by atoms with Gasteiger partial charge in [0.05, 0.1) is 18.3 Å². The molecular formula is C13H25F3N4O3S. The molecule has 0 saturated carbocycles. The highest BCUT2D eigenvalue weighted by Gasteiger charge is 2.26. The summed E-state index contributed by atoms with van der Waals surface area (Å²) in [5.74, 6) is -0.0790. The van der Waals surface area contributed by atoms with Gasteiger partial charge in [-0.25, -0.2) is 13.1 Å². The molecule has 1 aliphatic rings. The first-order valence-electron chi connectivity index (χ1n) is 7.82. The van der Waals surface area contributed by atoms with Gasteiger partial charge in [-0.05, 0) is 19.3 Å². The normalized spacial score (nSPS) is 20.0. The Hall–Kier alpha value is -1.07. The number of ether oxygens (including phenoxy) is 1. The number of alkyl halides is 3. The summed E-state index contributed by atoms with van der Waals surface area (Å²) >= 11 is 0. The first-order chi connectivity index (χ1) is 11.2. The molecule has 0 aromatic carbocycles. The Balaban J connectivity index is 2.22. The first kappa shape index (κ1) is 21.0. The zero-order valence-electron chi connectivity index (χ0n) is 13.7. The third-order valence-electron chi connectivity index (χ3n) is 3.39. The molecule has 142 valence electrons. The smallest absolute Gasteiger partial charge is 0.377 e. The van der Waals surface area contributed by atoms with Gasteiger partial charge in [-0.2, -0.15) is 13.2 Å². The lowest BCUT2D eigenvalue weighted by Gasteiger charge is -2.22. The molecule has 0 amide bonds. The molecule has 1 heterocycles. The maximum atomic E-state index is 12.1. The van der Waals surface area contributed by atoms with E-state index >= 15 is 0 Å². The number of nitrogens with zero attached hydrogens (tertiary/aromatic N) is 1. The maximum Gasteiger partial charge on any atom is 0.390 e. The number of halogens is 3. The van der Waals surface area contributed by atoms with E-state index < -0.39 is 22.6 Å². The second kappa shape index (κ2) is 10.0. The summed E-state index contributed by atoms with van der Waals surface area (Å²) in [6.07, 6.45) is -2.49. The summed E-state index contributed by atoms with van der Waals surface area (Å²) in [4.78, 5) is 3.74. The van der Waals surface area contributed by atoms with E-state index in [1.54, 1.807) is 0 Å². The van der Waals surface area contributed by atoms with Crippen molar-refractivity contribution in [3.05, 3.63) is 0 Å². The van der Waals surface area contributed by atoms with Crippen molar-refractivity contribution >= 4 is 16.0 Å². The number of hydrogen-bond donors (Lipinski definition) is 3. The molecule has 7 nitrogen and oxygen atoms in total. The zero-order chi connectivity index (χ0) is 18.1. The van der Waals surface area contributed by atoms with Crippen LogP contribution in [0, 0.1) is 0 Å². The molecule has 11 heteroatoms. The van der Waals surface area contributed by atoms with E-state index in [9.17, 15) is 21.6 Å². The minimum absolute atomic E-state index is 0.0343. The van der Waals surface area contributed by atoms with Gasteiger partial charge in [-0.15, -0.1) is 0 Å². The van der Waals surface area contributed by atoms with E-state index in [1.165, 1.54) is 7.05 Å². The topological polar surface area (TPSA) is 91.8 Å². The molecule has 0 bridgehead atoms. The number of rotatable bonds is 8. The van der Waals surface area contributed by atoms with Gasteiger partial charge in [0.1, 0.15) is 0 Å². The van der Waals surface area contributed by atoms with Crippen molar-refractivity contribution in [3.8, 4) is 0 Å². The highest BCUT2D eigenvalue weighted by atomic mass is 32.2. The van der Waals surface area contributed by atoms with Gasteiger partial charge in [0, 0.05) is 33.3 Å². The average molecular weight is 374 g/mol. The van der Waals surface area contributed by atoms with Crippen LogP contribution in [0.3, 0.4) is 0 Å². The minimum Gasteiger partial charge on any atom is -0.377 e. The molecule has 0 radical (unpaired) electrons. The number of sulfonamides is 1. The Bertz CT molecular complexity index is 491. The Morgan fingerprint density at radius 3 is 2.54 bits per heavy atom. The van der Waals surface area contributed by atoms with Crippen molar-refractivity contribution in [2.45, 2.75) is 38.0 Å². The van der Waals surface area contributed by atoms with E-state index in [0.717, 1.165) is 19.3 Å². The largest absolute Gasteiger partial charge is 0.390 e. The molecular weight excluding hydrogens is 349 g/mol. The monoisotopic (exact) mass is 374 g/mol. The number of hydrogen-bond acceptors (Lipinski definition) is 4. The fraction of sp³-hybridized carbons (Fsp3) is 0.923. The van der Waals surface area contributed by atoms with Crippen molar-refractivity contribution in [2.75, 3.05) is 39.0 Å². The molecule has 1 atom stereocenters. The van der Waals surface area contributed by atoms with Crippen LogP contribution in [0.5, 0.6) is 0 Å². The predicted molar refractivity (Wildman–Crippen MR) is 85.4 cm³/mol. The Morgan fingerprint density at radius 2 is 1.96 bits per heavy atom. The Kier molecular flexibility index (Phi) is 8.78. The lowest BCUT2D eigenvalue weighted by atomic mass is 10.1. The van der Waals surface area contributed by atoms with Crippen LogP contribution in [0.25, 0.3) is 0 Å². The predicted octanol–water partition coefficient (Wildman–Crippen LogP) is 0.592. The maximum absolute atomic E-state index is 12.1. The summed E-state index contributed by atoms with van der Waals surface area (Å²) in [5, 5.41) is 5.15. The number of aliphatic imine (C=N–C) groups is 1. The standard InChI is InChI=1S/C13H25F3N4O3S/c1-17-12(18-6-5-13(14,15)16)19-7-9-24(21,22)20-10-11-4-2-3-8-23-11/h11,20H,2-10H2,1H3,(H2,17,18,19). The third kappa shape index (κ3) is 9.93. The lowest BCUT2D eigenvalue weighted by molar-refractivity contribution is -0.132. The summed E-state index contributed by atoms with van der Waals surface area (Å²) in [6.45, 7) is 0.592. The van der Waals surface area contributed by atoms with E-state index in [0.29, 0.717) is 6.61 Å². The van der Waals surface area contributed by atoms with Gasteiger partial charge in [-0.3, -0.25) is 4.99 Å². The van der Waals surface area contributed by atoms with Crippen molar-refractivity contribution in [3.63, 3.8) is 0 Å². The van der Waals surface area contributed by atoms with Crippen LogP contribution in [-0.2, 0) is 14.8 Å². The molecule has 0 aromatic rings. The first-order valence-corrected chi connectivity index (χ1v) is 9.47. The van der Waals surface area contributed by atoms with Crippen LogP contribution in [0.1, 0.15) is 25.7 Å². The molecule has 0 spiro atoms. The SMILES string of the molecule is CN=C(NCCC(F)(F)F)NCCS(=O)(=O)NCC1CCCCO1. The number of nitrogens with one attached hydrogen (secondary N) is 3. The zero-order valence-corrected chi connectivity index (χ0v) is 14.5. The van der Waals surface area contributed by atoms with Crippen LogP contribution in [-0.4, -0.2) is 65.7 Å². The summed E-state index contributed by atoms with van der Waals surface area (Å²) in [7, 11) is -2.08. The van der Waals surface area contributed by atoms with E-state index in [4.69, 9.17) is 4.74 Å². The van der Waals surface area contributed by atoms with E-state index in [-0.39, 0.29) is 37.5 Å². The summed E-state index contributed by atoms with van der Waals surface area (Å²) in [5.41, 5.74) is 0. The molecule has 0 aromatic heterocycles. The van der Waals surface area contributed by atoms with Crippen LogP contribution in [0.4, 0.5) is 13.2 Å². The molecule has 1 rings (SSSR count). The lowest BCUT2D eigenvalue weighted by Crippen LogP contribution is -2.43. The second-order valence-electron chi connectivity index (χ2n) is 5.45. The molecule has 1 fully saturated rings. The fourth-order valence-corrected chi connectivity index (χ4v) is 3.06. The Labute approximate surface area is 140 Å².